The van der Waals surface area contributed by atoms with Crippen LogP contribution >= 0.6 is 0 Å². The molecule has 0 bridgehead atoms. The number of rotatable bonds is 4. The first-order chi connectivity index (χ1) is 13.9. The van der Waals surface area contributed by atoms with Crippen molar-refractivity contribution in [3.05, 3.63) is 53.6 Å². The number of carbonyl (C=O) groups is 3. The van der Waals surface area contributed by atoms with Crippen molar-refractivity contribution in [2.75, 3.05) is 29.4 Å². The van der Waals surface area contributed by atoms with Crippen molar-refractivity contribution >= 4 is 29.3 Å². The summed E-state index contributed by atoms with van der Waals surface area (Å²) in [4.78, 5) is 42.6. The number of halogens is 1. The highest BCUT2D eigenvalue weighted by Gasteiger charge is 2.33. The molecule has 9 heteroatoms. The lowest BCUT2D eigenvalue weighted by Crippen LogP contribution is -2.38. The first-order valence-corrected chi connectivity index (χ1v) is 9.21. The Hall–Kier alpha value is -3.49. The molecule has 1 fully saturated rings. The van der Waals surface area contributed by atoms with Gasteiger partial charge in [0, 0.05) is 31.4 Å². The summed E-state index contributed by atoms with van der Waals surface area (Å²) in [6.45, 7) is 2.10. The van der Waals surface area contributed by atoms with Crippen LogP contribution in [-0.4, -0.2) is 48.6 Å². The van der Waals surface area contributed by atoms with Crippen LogP contribution in [0.4, 0.5) is 20.6 Å². The van der Waals surface area contributed by atoms with Crippen molar-refractivity contribution in [3.63, 3.8) is 0 Å². The van der Waals surface area contributed by atoms with Crippen LogP contribution < -0.4 is 15.1 Å². The van der Waals surface area contributed by atoms with Crippen LogP contribution in [0.25, 0.3) is 0 Å². The maximum atomic E-state index is 14.9. The highest BCUT2D eigenvalue weighted by atomic mass is 19.1. The van der Waals surface area contributed by atoms with Gasteiger partial charge in [-0.25, -0.2) is 9.18 Å². The third kappa shape index (κ3) is 3.63. The third-order valence-electron chi connectivity index (χ3n) is 4.97. The zero-order chi connectivity index (χ0) is 20.5. The lowest BCUT2D eigenvalue weighted by molar-refractivity contribution is -0.119. The van der Waals surface area contributed by atoms with E-state index >= 15 is 0 Å². The Morgan fingerprint density at radius 2 is 2.14 bits per heavy atom. The number of hydrogen-bond donors (Lipinski definition) is 1. The molecule has 4 rings (SSSR count). The van der Waals surface area contributed by atoms with Crippen LogP contribution in [0.3, 0.4) is 0 Å². The molecule has 1 N–H and O–H groups in total. The molecule has 1 aromatic carbocycles. The highest BCUT2D eigenvalue weighted by molar-refractivity contribution is 6.08. The number of cyclic esters (lactones) is 1. The first-order valence-electron chi connectivity index (χ1n) is 9.21. The van der Waals surface area contributed by atoms with E-state index in [0.717, 1.165) is 5.56 Å². The fourth-order valence-corrected chi connectivity index (χ4v) is 3.52. The van der Waals surface area contributed by atoms with Crippen molar-refractivity contribution in [3.8, 4) is 0 Å². The van der Waals surface area contributed by atoms with Gasteiger partial charge in [-0.1, -0.05) is 0 Å². The normalized spacial score (nSPS) is 18.5. The molecule has 3 amide bonds. The van der Waals surface area contributed by atoms with Gasteiger partial charge in [-0.05, 0) is 36.2 Å². The molecule has 150 valence electrons. The maximum absolute atomic E-state index is 14.9. The predicted molar refractivity (Wildman–Crippen MR) is 102 cm³/mol. The number of ether oxygens (including phenoxy) is 1. The van der Waals surface area contributed by atoms with E-state index < -0.39 is 18.0 Å². The van der Waals surface area contributed by atoms with Gasteiger partial charge in [0.05, 0.1) is 24.5 Å². The molecular weight excluding hydrogens is 379 g/mol. The van der Waals surface area contributed by atoms with Crippen LogP contribution in [-0.2, 0) is 16.0 Å². The Balaban J connectivity index is 1.53. The van der Waals surface area contributed by atoms with Crippen molar-refractivity contribution in [2.45, 2.75) is 19.4 Å². The zero-order valence-corrected chi connectivity index (χ0v) is 15.7. The van der Waals surface area contributed by atoms with Crippen molar-refractivity contribution in [1.82, 2.24) is 10.3 Å². The number of pyridine rings is 1. The largest absolute Gasteiger partial charge is 0.442 e. The Morgan fingerprint density at radius 1 is 1.31 bits per heavy atom. The number of carbonyl (C=O) groups excluding carboxylic acids is 3. The maximum Gasteiger partial charge on any atom is 0.414 e. The van der Waals surface area contributed by atoms with Crippen LogP contribution in [0, 0.1) is 5.82 Å². The van der Waals surface area contributed by atoms with Gasteiger partial charge in [0.2, 0.25) is 5.91 Å². The number of fused-ring (bicyclic) bond motifs is 1. The van der Waals surface area contributed by atoms with Gasteiger partial charge in [-0.3, -0.25) is 19.5 Å². The van der Waals surface area contributed by atoms with E-state index in [9.17, 15) is 18.8 Å². The second-order valence-corrected chi connectivity index (χ2v) is 6.93. The Labute approximate surface area is 166 Å². The second-order valence-electron chi connectivity index (χ2n) is 6.93. The summed E-state index contributed by atoms with van der Waals surface area (Å²) >= 11 is 0. The van der Waals surface area contributed by atoms with Gasteiger partial charge in [-0.2, -0.15) is 0 Å². The van der Waals surface area contributed by atoms with E-state index in [1.54, 1.807) is 18.3 Å². The van der Waals surface area contributed by atoms with Gasteiger partial charge < -0.3 is 15.0 Å². The van der Waals surface area contributed by atoms with Gasteiger partial charge in [0.25, 0.3) is 5.91 Å². The lowest BCUT2D eigenvalue weighted by Gasteiger charge is -2.29. The molecule has 0 saturated carbocycles. The molecule has 2 aliphatic rings. The molecular formula is C20H19FN4O4. The number of aromatic nitrogens is 1. The zero-order valence-electron chi connectivity index (χ0n) is 15.7. The topological polar surface area (TPSA) is 91.8 Å². The molecule has 8 nitrogen and oxygen atoms in total. The van der Waals surface area contributed by atoms with E-state index in [0.29, 0.717) is 24.2 Å². The molecule has 0 radical (unpaired) electrons. The van der Waals surface area contributed by atoms with Crippen LogP contribution in [0.2, 0.25) is 0 Å². The molecule has 3 heterocycles. The molecule has 2 aliphatic heterocycles. The lowest BCUT2D eigenvalue weighted by atomic mass is 10.0. The molecule has 1 unspecified atom stereocenters. The van der Waals surface area contributed by atoms with Crippen LogP contribution in [0.1, 0.15) is 22.8 Å². The minimum atomic E-state index is -0.608. The summed E-state index contributed by atoms with van der Waals surface area (Å²) in [5.41, 5.74) is 1.84. The Morgan fingerprint density at radius 3 is 2.90 bits per heavy atom. The van der Waals surface area contributed by atoms with Gasteiger partial charge >= 0.3 is 6.09 Å². The summed E-state index contributed by atoms with van der Waals surface area (Å²) in [5.74, 6) is -1.11. The molecule has 1 atom stereocenters. The quantitative estimate of drug-likeness (QED) is 0.849. The molecule has 1 saturated heterocycles. The minimum Gasteiger partial charge on any atom is -0.442 e. The first kappa shape index (κ1) is 18.9. The van der Waals surface area contributed by atoms with E-state index in [2.05, 4.69) is 10.3 Å². The summed E-state index contributed by atoms with van der Waals surface area (Å²) in [6, 6.07) is 5.91. The number of benzene rings is 1. The fraction of sp³-hybridized carbons (Fsp3) is 0.300. The van der Waals surface area contributed by atoms with Crippen LogP contribution in [0.5, 0.6) is 0 Å². The third-order valence-corrected chi connectivity index (χ3v) is 4.97. The SMILES string of the molecule is CC(=O)NCC1CN(c2ccc(N3CCc4cnccc4C3=O)c(F)c2)C(=O)O1. The number of anilines is 2. The number of amides is 3. The predicted octanol–water partition coefficient (Wildman–Crippen LogP) is 1.88. The highest BCUT2D eigenvalue weighted by Crippen LogP contribution is 2.30. The average molecular weight is 398 g/mol. The summed E-state index contributed by atoms with van der Waals surface area (Å²) in [6.07, 6.45) is 2.65. The Kier molecular flexibility index (Phi) is 4.87. The van der Waals surface area contributed by atoms with E-state index in [1.807, 2.05) is 0 Å². The molecule has 0 aliphatic carbocycles. The molecule has 2 aromatic rings. The monoisotopic (exact) mass is 398 g/mol. The van der Waals surface area contributed by atoms with Crippen LogP contribution in [0.15, 0.2) is 36.7 Å². The summed E-state index contributed by atoms with van der Waals surface area (Å²) in [5, 5.41) is 2.59. The number of nitrogens with zero attached hydrogens (tertiary/aromatic N) is 3. The van der Waals surface area contributed by atoms with Crippen molar-refractivity contribution < 1.29 is 23.5 Å². The van der Waals surface area contributed by atoms with E-state index in [-0.39, 0.29) is 30.6 Å². The van der Waals surface area contributed by atoms with Crippen molar-refractivity contribution in [2.24, 2.45) is 0 Å². The fourth-order valence-electron chi connectivity index (χ4n) is 3.52. The number of nitrogens with one attached hydrogen (secondary N) is 1. The second kappa shape index (κ2) is 7.50. The summed E-state index contributed by atoms with van der Waals surface area (Å²) < 4.78 is 20.1. The van der Waals surface area contributed by atoms with Crippen molar-refractivity contribution in [1.29, 1.82) is 0 Å². The standard InChI is InChI=1S/C20H19FN4O4/c1-12(26)23-10-15-11-25(20(28)29-15)14-2-3-18(17(21)8-14)24-7-5-13-9-22-6-4-16(13)19(24)27/h2-4,6,8-9,15H,5,7,10-11H2,1H3,(H,23,26). The smallest absolute Gasteiger partial charge is 0.414 e. The summed E-state index contributed by atoms with van der Waals surface area (Å²) in [7, 11) is 0. The Bertz CT molecular complexity index is 996. The number of hydrogen-bond acceptors (Lipinski definition) is 5. The van der Waals surface area contributed by atoms with E-state index in [4.69, 9.17) is 4.74 Å². The van der Waals surface area contributed by atoms with Gasteiger partial charge in [0.1, 0.15) is 11.9 Å². The average Bonchev–Trinajstić information content (AvgIpc) is 3.08. The van der Waals surface area contributed by atoms with Gasteiger partial charge in [0.15, 0.2) is 0 Å². The minimum absolute atomic E-state index is 0.156. The van der Waals surface area contributed by atoms with Gasteiger partial charge in [-0.15, -0.1) is 0 Å². The van der Waals surface area contributed by atoms with E-state index in [1.165, 1.54) is 35.1 Å². The molecule has 1 aromatic heterocycles. The molecule has 29 heavy (non-hydrogen) atoms. The molecule has 0 spiro atoms.